The largest absolute Gasteiger partial charge is 0.418 e. The minimum Gasteiger partial charge on any atom is -0.278 e. The van der Waals surface area contributed by atoms with E-state index < -0.39 is 11.7 Å². The molecule has 0 bridgehead atoms. The van der Waals surface area contributed by atoms with Crippen molar-refractivity contribution >= 4 is 23.2 Å². The summed E-state index contributed by atoms with van der Waals surface area (Å²) < 4.78 is 38.0. The Kier molecular flexibility index (Phi) is 3.66. The Morgan fingerprint density at radius 2 is 1.94 bits per heavy atom. The summed E-state index contributed by atoms with van der Waals surface area (Å²) in [5.41, 5.74) is 2.47. The Hall–Kier alpha value is -1.82. The number of nitrogens with zero attached hydrogens (tertiary/aromatic N) is 1. The molecule has 0 amide bonds. The monoisotopic (exact) mass is 270 g/mol. The molecule has 0 fully saturated rings. The van der Waals surface area contributed by atoms with Crippen molar-refractivity contribution in [2.24, 2.45) is 5.10 Å². The number of anilines is 1. The lowest BCUT2D eigenvalue weighted by Crippen LogP contribution is -2.08. The first-order valence-electron chi connectivity index (χ1n) is 5.05. The van der Waals surface area contributed by atoms with E-state index in [1.54, 1.807) is 0 Å². The number of nitrogens with one attached hydrogen (secondary N) is 1. The van der Waals surface area contributed by atoms with E-state index in [4.69, 9.17) is 0 Å². The van der Waals surface area contributed by atoms with E-state index in [1.165, 1.54) is 35.8 Å². The molecule has 1 heterocycles. The van der Waals surface area contributed by atoms with Gasteiger partial charge in [-0.25, -0.2) is 0 Å². The Bertz CT molecular complexity index is 533. The van der Waals surface area contributed by atoms with Crippen LogP contribution in [0.1, 0.15) is 11.1 Å². The van der Waals surface area contributed by atoms with Gasteiger partial charge in [0.25, 0.3) is 0 Å². The van der Waals surface area contributed by atoms with Gasteiger partial charge in [0.15, 0.2) is 0 Å². The fourth-order valence-electron chi connectivity index (χ4n) is 1.35. The number of benzene rings is 1. The summed E-state index contributed by atoms with van der Waals surface area (Å²) in [6.45, 7) is 0. The van der Waals surface area contributed by atoms with Gasteiger partial charge in [0.2, 0.25) is 0 Å². The van der Waals surface area contributed by atoms with Crippen LogP contribution in [0.25, 0.3) is 0 Å². The predicted octanol–water partition coefficient (Wildman–Crippen LogP) is 4.21. The van der Waals surface area contributed by atoms with E-state index in [0.717, 1.165) is 11.6 Å². The van der Waals surface area contributed by atoms with Crippen molar-refractivity contribution in [2.75, 3.05) is 5.43 Å². The number of hydrogen-bond acceptors (Lipinski definition) is 3. The summed E-state index contributed by atoms with van der Waals surface area (Å²) in [6, 6.07) is 7.05. The molecule has 2 rings (SSSR count). The van der Waals surface area contributed by atoms with E-state index in [2.05, 4.69) is 10.5 Å². The van der Waals surface area contributed by atoms with Gasteiger partial charge in [0, 0.05) is 5.56 Å². The van der Waals surface area contributed by atoms with Crippen LogP contribution in [0.3, 0.4) is 0 Å². The van der Waals surface area contributed by atoms with Crippen LogP contribution >= 0.6 is 11.3 Å². The average Bonchev–Trinajstić information content (AvgIpc) is 2.81. The average molecular weight is 270 g/mol. The van der Waals surface area contributed by atoms with Gasteiger partial charge in [-0.2, -0.15) is 29.6 Å². The highest BCUT2D eigenvalue weighted by Gasteiger charge is 2.33. The maximum absolute atomic E-state index is 12.7. The van der Waals surface area contributed by atoms with Gasteiger partial charge in [-0.3, -0.25) is 5.43 Å². The summed E-state index contributed by atoms with van der Waals surface area (Å²) in [5, 5.41) is 7.50. The molecule has 18 heavy (non-hydrogen) atoms. The number of hydrogen-bond donors (Lipinski definition) is 1. The maximum Gasteiger partial charge on any atom is 0.418 e. The van der Waals surface area contributed by atoms with Crippen molar-refractivity contribution in [3.05, 3.63) is 52.2 Å². The topological polar surface area (TPSA) is 24.4 Å². The second kappa shape index (κ2) is 5.22. The molecule has 1 N–H and O–H groups in total. The van der Waals surface area contributed by atoms with Crippen molar-refractivity contribution < 1.29 is 13.2 Å². The summed E-state index contributed by atoms with van der Waals surface area (Å²) in [7, 11) is 0. The lowest BCUT2D eigenvalue weighted by Gasteiger charge is -2.11. The fourth-order valence-corrected chi connectivity index (χ4v) is 1.96. The van der Waals surface area contributed by atoms with Gasteiger partial charge in [0.1, 0.15) is 0 Å². The Morgan fingerprint density at radius 1 is 1.17 bits per heavy atom. The van der Waals surface area contributed by atoms with Crippen molar-refractivity contribution in [1.29, 1.82) is 0 Å². The molecule has 0 saturated heterocycles. The molecule has 0 unspecified atom stereocenters. The number of halogens is 3. The van der Waals surface area contributed by atoms with E-state index >= 15 is 0 Å². The smallest absolute Gasteiger partial charge is 0.278 e. The van der Waals surface area contributed by atoms with Gasteiger partial charge in [0.05, 0.1) is 17.5 Å². The molecule has 0 saturated carbocycles. The summed E-state index contributed by atoms with van der Waals surface area (Å²) in [5.74, 6) is 0. The maximum atomic E-state index is 12.7. The third kappa shape index (κ3) is 3.10. The highest BCUT2D eigenvalue weighted by atomic mass is 32.1. The number of alkyl halides is 3. The number of rotatable bonds is 3. The van der Waals surface area contributed by atoms with Gasteiger partial charge in [-0.15, -0.1) is 0 Å². The van der Waals surface area contributed by atoms with Crippen molar-refractivity contribution in [2.45, 2.75) is 6.18 Å². The molecule has 0 radical (unpaired) electrons. The van der Waals surface area contributed by atoms with E-state index in [1.807, 2.05) is 16.8 Å². The van der Waals surface area contributed by atoms with Crippen molar-refractivity contribution in [1.82, 2.24) is 0 Å². The molecule has 6 heteroatoms. The third-order valence-corrected chi connectivity index (χ3v) is 2.88. The molecule has 0 atom stereocenters. The fraction of sp³-hybridized carbons (Fsp3) is 0.0833. The Balaban J connectivity index is 2.15. The second-order valence-electron chi connectivity index (χ2n) is 3.47. The zero-order chi connectivity index (χ0) is 13.0. The molecule has 94 valence electrons. The zero-order valence-electron chi connectivity index (χ0n) is 9.11. The zero-order valence-corrected chi connectivity index (χ0v) is 9.92. The van der Waals surface area contributed by atoms with Crippen LogP contribution in [0, 0.1) is 0 Å². The van der Waals surface area contributed by atoms with Crippen LogP contribution in [-0.2, 0) is 6.18 Å². The lowest BCUT2D eigenvalue weighted by molar-refractivity contribution is -0.136. The van der Waals surface area contributed by atoms with E-state index in [9.17, 15) is 13.2 Å². The predicted molar refractivity (Wildman–Crippen MR) is 67.0 cm³/mol. The highest BCUT2D eigenvalue weighted by Crippen LogP contribution is 2.34. The van der Waals surface area contributed by atoms with Gasteiger partial charge < -0.3 is 0 Å². The van der Waals surface area contributed by atoms with Gasteiger partial charge in [-0.1, -0.05) is 12.1 Å². The number of para-hydroxylation sites is 1. The van der Waals surface area contributed by atoms with Gasteiger partial charge in [-0.05, 0) is 29.0 Å². The molecule has 2 aromatic rings. The first-order chi connectivity index (χ1) is 8.57. The highest BCUT2D eigenvalue weighted by molar-refractivity contribution is 7.08. The molecular weight excluding hydrogens is 261 g/mol. The van der Waals surface area contributed by atoms with Crippen LogP contribution in [0.15, 0.2) is 46.2 Å². The second-order valence-corrected chi connectivity index (χ2v) is 4.25. The first kappa shape index (κ1) is 12.6. The molecule has 0 spiro atoms. The van der Waals surface area contributed by atoms with Gasteiger partial charge >= 0.3 is 6.18 Å². The van der Waals surface area contributed by atoms with E-state index in [0.29, 0.717) is 0 Å². The molecular formula is C12H9F3N2S. The SMILES string of the molecule is FC(F)(F)c1ccccc1N/N=C/c1ccsc1. The lowest BCUT2D eigenvalue weighted by atomic mass is 10.2. The molecule has 1 aromatic carbocycles. The number of hydrazone groups is 1. The molecule has 2 nitrogen and oxygen atoms in total. The third-order valence-electron chi connectivity index (χ3n) is 2.17. The Morgan fingerprint density at radius 3 is 2.61 bits per heavy atom. The minimum absolute atomic E-state index is 0.0588. The quantitative estimate of drug-likeness (QED) is 0.655. The van der Waals surface area contributed by atoms with Crippen LogP contribution in [0.2, 0.25) is 0 Å². The summed E-state index contributed by atoms with van der Waals surface area (Å²) in [6.07, 6.45) is -2.91. The molecule has 0 aliphatic rings. The molecule has 0 aliphatic heterocycles. The normalized spacial score (nSPS) is 11.9. The van der Waals surface area contributed by atoms with E-state index in [-0.39, 0.29) is 5.69 Å². The first-order valence-corrected chi connectivity index (χ1v) is 5.99. The molecule has 0 aliphatic carbocycles. The summed E-state index contributed by atoms with van der Waals surface area (Å²) >= 11 is 1.49. The minimum atomic E-state index is -4.39. The standard InChI is InChI=1S/C12H9F3N2S/c13-12(14,15)10-3-1-2-4-11(10)17-16-7-9-5-6-18-8-9/h1-8,17H/b16-7+. The van der Waals surface area contributed by atoms with Crippen molar-refractivity contribution in [3.63, 3.8) is 0 Å². The van der Waals surface area contributed by atoms with Crippen LogP contribution in [-0.4, -0.2) is 6.21 Å². The number of thiophene rings is 1. The molecule has 1 aromatic heterocycles. The van der Waals surface area contributed by atoms with Crippen LogP contribution < -0.4 is 5.43 Å². The summed E-state index contributed by atoms with van der Waals surface area (Å²) in [4.78, 5) is 0. The van der Waals surface area contributed by atoms with Crippen LogP contribution in [0.5, 0.6) is 0 Å². The van der Waals surface area contributed by atoms with Crippen LogP contribution in [0.4, 0.5) is 18.9 Å². The van der Waals surface area contributed by atoms with Crippen molar-refractivity contribution in [3.8, 4) is 0 Å². The Labute approximate surface area is 106 Å².